The predicted molar refractivity (Wildman–Crippen MR) is 325 cm³/mol. The molecule has 0 saturated carbocycles. The minimum Gasteiger partial charge on any atom is -0.504 e. The molecule has 6 aromatic rings. The largest absolute Gasteiger partial charge is 0.504 e. The molecule has 26 nitrogen and oxygen atoms in total. The van der Waals surface area contributed by atoms with Gasteiger partial charge in [0.25, 0.3) is 11.4 Å². The van der Waals surface area contributed by atoms with Crippen molar-refractivity contribution in [1.82, 2.24) is 19.9 Å². The lowest BCUT2D eigenvalue weighted by Crippen LogP contribution is -2.04. The van der Waals surface area contributed by atoms with E-state index in [2.05, 4.69) is 35.9 Å². The summed E-state index contributed by atoms with van der Waals surface area (Å²) in [5.74, 6) is 6.29. The molecule has 6 N–H and O–H groups in total. The molecule has 84 heavy (non-hydrogen) atoms. The first-order chi connectivity index (χ1) is 40.4. The SMILES string of the molecule is CNc1cc(C)nc(Cl)n1.CNc1cc(C)nc(Nc2ccc(OC)c(OCCCOC)c2)n1.COCCCCl.COCCCOc1cc(N)ccc1OC.COCCCOc1cc([N+](=O)[O-])ccc1OC.COc1ccc([N+](=O)[O-])cc1O. The van der Waals surface area contributed by atoms with Gasteiger partial charge in [-0.15, -0.1) is 11.6 Å². The van der Waals surface area contributed by atoms with Crippen molar-refractivity contribution >= 4 is 63.5 Å². The number of nitrogen functional groups attached to an aromatic ring is 1. The minimum atomic E-state index is -0.584. The number of halogens is 2. The first-order valence-corrected chi connectivity index (χ1v) is 26.7. The monoisotopic (exact) mass is 1220 g/mol. The summed E-state index contributed by atoms with van der Waals surface area (Å²) in [6.45, 7) is 8.06. The average Bonchev–Trinajstić information content (AvgIpc) is 3.57. The van der Waals surface area contributed by atoms with E-state index < -0.39 is 9.85 Å². The summed E-state index contributed by atoms with van der Waals surface area (Å²) in [5.41, 5.74) is 8.70. The Morgan fingerprint density at radius 3 is 1.36 bits per heavy atom. The molecule has 0 saturated heterocycles. The number of phenolic OH excluding ortho intramolecular Hbond substituents is 1. The van der Waals surface area contributed by atoms with Gasteiger partial charge in [-0.2, -0.15) is 4.98 Å². The lowest BCUT2D eigenvalue weighted by atomic mass is 10.2. The van der Waals surface area contributed by atoms with E-state index in [0.717, 1.165) is 60.6 Å². The quantitative estimate of drug-likeness (QED) is 0.00761. The first kappa shape index (κ1) is 73.9. The van der Waals surface area contributed by atoms with Crippen molar-refractivity contribution in [2.24, 2.45) is 0 Å². The fourth-order valence-electron chi connectivity index (χ4n) is 6.25. The summed E-state index contributed by atoms with van der Waals surface area (Å²) in [4.78, 5) is 36.3. The highest BCUT2D eigenvalue weighted by atomic mass is 35.5. The highest BCUT2D eigenvalue weighted by Crippen LogP contribution is 2.33. The second kappa shape index (κ2) is 44.4. The molecule has 0 aliphatic heterocycles. The number of ether oxygens (including phenoxy) is 11. The topological polar surface area (TPSA) is 322 Å². The van der Waals surface area contributed by atoms with Crippen LogP contribution in [-0.4, -0.2) is 158 Å². The third-order valence-electron chi connectivity index (χ3n) is 10.3. The number of anilines is 5. The van der Waals surface area contributed by atoms with Crippen molar-refractivity contribution in [1.29, 1.82) is 0 Å². The fraction of sp³-hybridized carbons (Fsp3) is 0.429. The van der Waals surface area contributed by atoms with Gasteiger partial charge in [-0.05, 0) is 68.3 Å². The number of benzene rings is 4. The Morgan fingerprint density at radius 1 is 0.512 bits per heavy atom. The summed E-state index contributed by atoms with van der Waals surface area (Å²) in [6, 6.07) is 22.5. The second-order valence-electron chi connectivity index (χ2n) is 16.6. The third-order valence-corrected chi connectivity index (χ3v) is 10.7. The van der Waals surface area contributed by atoms with Crippen LogP contribution in [0.15, 0.2) is 84.9 Å². The van der Waals surface area contributed by atoms with Crippen LogP contribution in [0.4, 0.5) is 40.3 Å². The third kappa shape index (κ3) is 30.8. The number of hydrogen-bond acceptors (Lipinski definition) is 24. The van der Waals surface area contributed by atoms with Gasteiger partial charge in [-0.25, -0.2) is 15.0 Å². The number of nitro benzene ring substituents is 2. The van der Waals surface area contributed by atoms with Crippen molar-refractivity contribution in [2.75, 3.05) is 145 Å². The number of rotatable bonds is 28. The Bertz CT molecular complexity index is 2790. The van der Waals surface area contributed by atoms with Crippen LogP contribution in [0.3, 0.4) is 0 Å². The molecule has 0 atom stereocenters. The average molecular weight is 1220 g/mol. The van der Waals surface area contributed by atoms with E-state index in [4.69, 9.17) is 86.1 Å². The van der Waals surface area contributed by atoms with E-state index in [-0.39, 0.29) is 28.2 Å². The summed E-state index contributed by atoms with van der Waals surface area (Å²) in [5, 5.41) is 39.3. The van der Waals surface area contributed by atoms with Crippen LogP contribution >= 0.6 is 23.2 Å². The Kier molecular flexibility index (Phi) is 39.1. The number of nitro groups is 2. The number of hydrogen-bond donors (Lipinski definition) is 5. The maximum Gasteiger partial charge on any atom is 0.273 e. The van der Waals surface area contributed by atoms with Crippen LogP contribution in [0, 0.1) is 34.1 Å². The van der Waals surface area contributed by atoms with Crippen molar-refractivity contribution in [3.8, 4) is 46.0 Å². The molecule has 4 aromatic carbocycles. The van der Waals surface area contributed by atoms with Crippen molar-refractivity contribution in [3.05, 3.63) is 122 Å². The molecule has 0 bridgehead atoms. The number of aryl methyl sites for hydroxylation is 2. The molecule has 0 spiro atoms. The Labute approximate surface area is 500 Å². The van der Waals surface area contributed by atoms with Crippen LogP contribution in [-0.2, 0) is 18.9 Å². The number of methoxy groups -OCH3 is 8. The minimum absolute atomic E-state index is 0.0208. The van der Waals surface area contributed by atoms with Gasteiger partial charge in [0.1, 0.15) is 11.6 Å². The van der Waals surface area contributed by atoms with Gasteiger partial charge in [-0.1, -0.05) is 0 Å². The van der Waals surface area contributed by atoms with E-state index in [1.807, 2.05) is 51.2 Å². The maximum atomic E-state index is 10.6. The van der Waals surface area contributed by atoms with Gasteiger partial charge in [0.15, 0.2) is 46.0 Å². The highest BCUT2D eigenvalue weighted by Gasteiger charge is 2.13. The summed E-state index contributed by atoms with van der Waals surface area (Å²) >= 11 is 10.9. The number of alkyl halides is 1. The lowest BCUT2D eigenvalue weighted by molar-refractivity contribution is -0.385. The van der Waals surface area contributed by atoms with E-state index >= 15 is 0 Å². The van der Waals surface area contributed by atoms with Crippen LogP contribution in [0.2, 0.25) is 5.28 Å². The maximum absolute atomic E-state index is 10.6. The van der Waals surface area contributed by atoms with E-state index in [1.165, 1.54) is 44.6 Å². The molecular weight excluding hydrogens is 1140 g/mol. The summed E-state index contributed by atoms with van der Waals surface area (Å²) < 4.78 is 56.5. The Hall–Kier alpha value is -8.14. The molecule has 0 aliphatic rings. The molecule has 28 heteroatoms. The van der Waals surface area contributed by atoms with E-state index in [9.17, 15) is 20.2 Å². The summed E-state index contributed by atoms with van der Waals surface area (Å²) in [6.07, 6.45) is 3.32. The molecule has 0 radical (unpaired) electrons. The van der Waals surface area contributed by atoms with E-state index in [1.54, 1.807) is 67.9 Å². The van der Waals surface area contributed by atoms with Gasteiger partial charge < -0.3 is 78.9 Å². The number of aromatic hydroxyl groups is 1. The second-order valence-corrected chi connectivity index (χ2v) is 17.3. The number of phenols is 1. The van der Waals surface area contributed by atoms with Crippen molar-refractivity contribution < 1.29 is 67.1 Å². The van der Waals surface area contributed by atoms with Crippen molar-refractivity contribution in [2.45, 2.75) is 39.5 Å². The molecule has 464 valence electrons. The smallest absolute Gasteiger partial charge is 0.273 e. The standard InChI is InChI=1S/C17H24N4O3.C11H15NO5.C11H17NO3.C7H7NO4.C6H8ClN3.C4H9ClO/c1-12-10-16(18-2)21-17(19-12)20-13-6-7-14(23-4)15(11-13)24-9-5-8-22-3;1-15-6-3-7-17-11-8-9(12(13)14)4-5-10(11)16-2;1-13-6-3-7-15-11-8-9(12)4-5-10(11)14-2;1-12-7-3-2-5(8(10)11)4-6(7)9;1-4-3-5(8-2)10-6(7)9-4;1-6-4-2-3-5/h6-7,10-11H,5,8-9H2,1-4H3,(H2,18,19,20,21);4-5,8H,3,6-7H2,1-2H3;4-5,8H,3,6-7,12H2,1-2H3;2-4,9H,1H3;3H,1-2H3,(H,8,9,10);2-4H2,1H3. The molecule has 0 amide bonds. The molecule has 6 rings (SSSR count). The van der Waals surface area contributed by atoms with Gasteiger partial charge in [0.05, 0.1) is 70.2 Å². The number of nitrogens with zero attached hydrogens (tertiary/aromatic N) is 6. The zero-order valence-corrected chi connectivity index (χ0v) is 51.2. The number of nitrogens with two attached hydrogens (primary N) is 1. The van der Waals surface area contributed by atoms with Gasteiger partial charge >= 0.3 is 0 Å². The van der Waals surface area contributed by atoms with Gasteiger partial charge in [0.2, 0.25) is 11.2 Å². The van der Waals surface area contributed by atoms with Crippen molar-refractivity contribution in [3.63, 3.8) is 0 Å². The Balaban J connectivity index is 0.000000527. The predicted octanol–water partition coefficient (Wildman–Crippen LogP) is 10.8. The number of nitrogens with one attached hydrogen (secondary N) is 3. The van der Waals surface area contributed by atoms with Crippen LogP contribution < -0.4 is 54.8 Å². The van der Waals surface area contributed by atoms with Gasteiger partial charge in [-0.3, -0.25) is 20.2 Å². The Morgan fingerprint density at radius 2 is 0.929 bits per heavy atom. The molecule has 2 heterocycles. The fourth-order valence-corrected chi connectivity index (χ4v) is 6.59. The zero-order chi connectivity index (χ0) is 62.7. The molecular formula is C56H80Cl2N10O16. The van der Waals surface area contributed by atoms with E-state index in [0.29, 0.717) is 98.1 Å². The zero-order valence-electron chi connectivity index (χ0n) is 49.7. The molecule has 0 aliphatic carbocycles. The molecule has 0 fully saturated rings. The summed E-state index contributed by atoms with van der Waals surface area (Å²) in [7, 11) is 16.3. The number of non-ortho nitro benzene ring substituents is 2. The normalized spacial score (nSPS) is 9.88. The molecule has 2 aromatic heterocycles. The van der Waals surface area contributed by atoms with Crippen LogP contribution in [0.25, 0.3) is 0 Å². The van der Waals surface area contributed by atoms with Crippen LogP contribution in [0.5, 0.6) is 46.0 Å². The van der Waals surface area contributed by atoms with Gasteiger partial charge in [0, 0.05) is 153 Å². The lowest BCUT2D eigenvalue weighted by Gasteiger charge is -2.13. The molecule has 0 unspecified atom stereocenters. The van der Waals surface area contributed by atoms with Crippen LogP contribution in [0.1, 0.15) is 37.1 Å². The first-order valence-electron chi connectivity index (χ1n) is 25.8. The number of aromatic nitrogens is 4. The highest BCUT2D eigenvalue weighted by molar-refractivity contribution is 6.28.